The number of nitrogens with one attached hydrogen (secondary N) is 1. The summed E-state index contributed by atoms with van der Waals surface area (Å²) in [7, 11) is 1.63. The van der Waals surface area contributed by atoms with E-state index in [4.69, 9.17) is 14.2 Å². The number of morpholine rings is 1. The summed E-state index contributed by atoms with van der Waals surface area (Å²) in [6, 6.07) is 8.08. The first kappa shape index (κ1) is 17.7. The van der Waals surface area contributed by atoms with Gasteiger partial charge in [0.05, 0.1) is 20.3 Å². The van der Waals surface area contributed by atoms with E-state index in [0.29, 0.717) is 24.1 Å². The summed E-state index contributed by atoms with van der Waals surface area (Å²) in [5.74, 6) is 2.96. The molecule has 1 N–H and O–H groups in total. The van der Waals surface area contributed by atoms with Crippen LogP contribution in [0.3, 0.4) is 0 Å². The third kappa shape index (κ3) is 4.93. The van der Waals surface area contributed by atoms with Gasteiger partial charge >= 0.3 is 0 Å². The van der Waals surface area contributed by atoms with Gasteiger partial charge in [0.1, 0.15) is 6.61 Å². The number of hydrogen-bond donors (Lipinski definition) is 1. The molecule has 1 unspecified atom stereocenters. The highest BCUT2D eigenvalue weighted by Crippen LogP contribution is 2.26. The summed E-state index contributed by atoms with van der Waals surface area (Å²) in [5, 5.41) is 7.25. The van der Waals surface area contributed by atoms with Crippen molar-refractivity contribution in [2.75, 3.05) is 33.4 Å². The minimum atomic E-state index is 0.340. The molecule has 0 radical (unpaired) electrons. The average Bonchev–Trinajstić information content (AvgIpc) is 3.13. The summed E-state index contributed by atoms with van der Waals surface area (Å²) < 4.78 is 16.4. The van der Waals surface area contributed by atoms with Crippen LogP contribution >= 0.6 is 0 Å². The molecular formula is C18H26N4O3. The molecule has 0 saturated carbocycles. The zero-order valence-corrected chi connectivity index (χ0v) is 14.9. The van der Waals surface area contributed by atoms with Crippen molar-refractivity contribution in [3.63, 3.8) is 0 Å². The van der Waals surface area contributed by atoms with E-state index in [9.17, 15) is 0 Å². The zero-order chi connectivity index (χ0) is 17.5. The highest BCUT2D eigenvalue weighted by Gasteiger charge is 2.17. The van der Waals surface area contributed by atoms with Crippen LogP contribution in [0.1, 0.15) is 25.0 Å². The monoisotopic (exact) mass is 346 g/mol. The fourth-order valence-corrected chi connectivity index (χ4v) is 2.93. The maximum Gasteiger partial charge on any atom is 0.162 e. The minimum Gasteiger partial charge on any atom is -0.493 e. The highest BCUT2D eigenvalue weighted by atomic mass is 16.5. The molecule has 0 spiro atoms. The SMILES string of the molecule is COc1ccccc1OCc1nc(CCC(C)N2CCOCC2)n[nH]1. The van der Waals surface area contributed by atoms with Gasteiger partial charge < -0.3 is 14.2 Å². The summed E-state index contributed by atoms with van der Waals surface area (Å²) in [6.45, 7) is 6.27. The van der Waals surface area contributed by atoms with Crippen molar-refractivity contribution in [1.29, 1.82) is 0 Å². The molecular weight excluding hydrogens is 320 g/mol. The van der Waals surface area contributed by atoms with Gasteiger partial charge in [-0.3, -0.25) is 10.00 Å². The first-order valence-electron chi connectivity index (χ1n) is 8.74. The first-order chi connectivity index (χ1) is 12.3. The molecule has 1 aromatic heterocycles. The number of aromatic nitrogens is 3. The van der Waals surface area contributed by atoms with Crippen molar-refractivity contribution in [2.24, 2.45) is 0 Å². The molecule has 1 aromatic carbocycles. The number of aryl methyl sites for hydroxylation is 1. The molecule has 2 heterocycles. The quantitative estimate of drug-likeness (QED) is 0.789. The Hall–Kier alpha value is -2.12. The number of aromatic amines is 1. The van der Waals surface area contributed by atoms with Crippen LogP contribution in [0, 0.1) is 0 Å². The molecule has 3 rings (SSSR count). The predicted octanol–water partition coefficient (Wildman–Crippen LogP) is 2.05. The number of benzene rings is 1. The normalized spacial score (nSPS) is 16.6. The molecule has 0 aliphatic carbocycles. The van der Waals surface area contributed by atoms with E-state index in [1.807, 2.05) is 24.3 Å². The Morgan fingerprint density at radius 2 is 2.00 bits per heavy atom. The third-order valence-corrected chi connectivity index (χ3v) is 4.47. The van der Waals surface area contributed by atoms with Crippen molar-refractivity contribution in [3.05, 3.63) is 35.9 Å². The number of methoxy groups -OCH3 is 1. The second kappa shape index (κ2) is 8.82. The lowest BCUT2D eigenvalue weighted by atomic mass is 10.1. The van der Waals surface area contributed by atoms with Crippen LogP contribution in [0.2, 0.25) is 0 Å². The van der Waals surface area contributed by atoms with Crippen molar-refractivity contribution in [2.45, 2.75) is 32.4 Å². The largest absolute Gasteiger partial charge is 0.493 e. The topological polar surface area (TPSA) is 72.5 Å². The van der Waals surface area contributed by atoms with Gasteiger partial charge in [-0.25, -0.2) is 4.98 Å². The van der Waals surface area contributed by atoms with E-state index in [-0.39, 0.29) is 0 Å². The highest BCUT2D eigenvalue weighted by molar-refractivity contribution is 5.39. The van der Waals surface area contributed by atoms with Gasteiger partial charge in [0, 0.05) is 25.6 Å². The Morgan fingerprint density at radius 1 is 1.24 bits per heavy atom. The summed E-state index contributed by atoms with van der Waals surface area (Å²) >= 11 is 0. The van der Waals surface area contributed by atoms with Crippen LogP contribution in [-0.2, 0) is 17.8 Å². The Morgan fingerprint density at radius 3 is 2.76 bits per heavy atom. The van der Waals surface area contributed by atoms with Crippen LogP contribution in [0.25, 0.3) is 0 Å². The summed E-state index contributed by atoms with van der Waals surface area (Å²) in [5.41, 5.74) is 0. The number of para-hydroxylation sites is 2. The molecule has 2 aromatic rings. The number of ether oxygens (including phenoxy) is 3. The van der Waals surface area contributed by atoms with Crippen molar-refractivity contribution >= 4 is 0 Å². The van der Waals surface area contributed by atoms with Gasteiger partial charge in [0.2, 0.25) is 0 Å². The lowest BCUT2D eigenvalue weighted by Crippen LogP contribution is -2.42. The molecule has 1 fully saturated rings. The maximum atomic E-state index is 5.77. The third-order valence-electron chi connectivity index (χ3n) is 4.47. The van der Waals surface area contributed by atoms with Crippen molar-refractivity contribution in [1.82, 2.24) is 20.1 Å². The van der Waals surface area contributed by atoms with E-state index in [2.05, 4.69) is 27.0 Å². The number of nitrogens with zero attached hydrogens (tertiary/aromatic N) is 3. The number of rotatable bonds is 8. The molecule has 7 nitrogen and oxygen atoms in total. The summed E-state index contributed by atoms with van der Waals surface area (Å²) in [6.07, 6.45) is 1.88. The Bertz CT molecular complexity index is 655. The van der Waals surface area contributed by atoms with E-state index in [0.717, 1.165) is 50.8 Å². The lowest BCUT2D eigenvalue weighted by Gasteiger charge is -2.32. The minimum absolute atomic E-state index is 0.340. The van der Waals surface area contributed by atoms with E-state index >= 15 is 0 Å². The van der Waals surface area contributed by atoms with Gasteiger partial charge in [-0.2, -0.15) is 5.10 Å². The first-order valence-corrected chi connectivity index (χ1v) is 8.74. The van der Waals surface area contributed by atoms with Crippen LogP contribution < -0.4 is 9.47 Å². The predicted molar refractivity (Wildman–Crippen MR) is 93.9 cm³/mol. The van der Waals surface area contributed by atoms with Crippen LogP contribution in [-0.4, -0.2) is 59.5 Å². The molecule has 1 saturated heterocycles. The summed E-state index contributed by atoms with van der Waals surface area (Å²) in [4.78, 5) is 6.98. The Labute approximate surface area is 148 Å². The van der Waals surface area contributed by atoms with E-state index < -0.39 is 0 Å². The van der Waals surface area contributed by atoms with E-state index in [1.54, 1.807) is 7.11 Å². The Kier molecular flexibility index (Phi) is 6.25. The zero-order valence-electron chi connectivity index (χ0n) is 14.9. The van der Waals surface area contributed by atoms with Gasteiger partial charge in [-0.15, -0.1) is 0 Å². The molecule has 136 valence electrons. The molecule has 1 atom stereocenters. The Balaban J connectivity index is 1.47. The molecule has 7 heteroatoms. The maximum absolute atomic E-state index is 5.77. The van der Waals surface area contributed by atoms with Crippen molar-refractivity contribution in [3.8, 4) is 11.5 Å². The van der Waals surface area contributed by atoms with Gasteiger partial charge in [0.25, 0.3) is 0 Å². The van der Waals surface area contributed by atoms with Gasteiger partial charge in [0.15, 0.2) is 23.1 Å². The van der Waals surface area contributed by atoms with Crippen LogP contribution in [0.15, 0.2) is 24.3 Å². The second-order valence-corrected chi connectivity index (χ2v) is 6.17. The van der Waals surface area contributed by atoms with E-state index in [1.165, 1.54) is 0 Å². The molecule has 1 aliphatic heterocycles. The lowest BCUT2D eigenvalue weighted by molar-refractivity contribution is 0.0186. The van der Waals surface area contributed by atoms with Gasteiger partial charge in [-0.1, -0.05) is 12.1 Å². The van der Waals surface area contributed by atoms with Crippen molar-refractivity contribution < 1.29 is 14.2 Å². The second-order valence-electron chi connectivity index (χ2n) is 6.17. The van der Waals surface area contributed by atoms with Crippen LogP contribution in [0.5, 0.6) is 11.5 Å². The smallest absolute Gasteiger partial charge is 0.162 e. The fraction of sp³-hybridized carbons (Fsp3) is 0.556. The molecule has 0 bridgehead atoms. The number of hydrogen-bond acceptors (Lipinski definition) is 6. The standard InChI is InChI=1S/C18H26N4O3/c1-14(22-9-11-24-12-10-22)7-8-17-19-18(21-20-17)13-25-16-6-4-3-5-15(16)23-2/h3-6,14H,7-13H2,1-2H3,(H,19,20,21). The van der Waals surface area contributed by atoms with Crippen LogP contribution in [0.4, 0.5) is 0 Å². The average molecular weight is 346 g/mol. The molecule has 0 amide bonds. The molecule has 25 heavy (non-hydrogen) atoms. The molecule has 1 aliphatic rings. The number of H-pyrrole nitrogens is 1. The fourth-order valence-electron chi connectivity index (χ4n) is 2.93. The van der Waals surface area contributed by atoms with Gasteiger partial charge in [-0.05, 0) is 25.5 Å².